The van der Waals surface area contributed by atoms with Gasteiger partial charge in [0.25, 0.3) is 0 Å². The van der Waals surface area contributed by atoms with Crippen LogP contribution in [0.4, 0.5) is 0 Å². The Bertz CT molecular complexity index is 498. The number of rotatable bonds is 2. The van der Waals surface area contributed by atoms with E-state index in [1.807, 2.05) is 6.07 Å². The first kappa shape index (κ1) is 10.6. The molecule has 0 radical (unpaired) electrons. The molecule has 2 N–H and O–H groups in total. The molecule has 2 aromatic rings. The molecule has 0 aliphatic carbocycles. The van der Waals surface area contributed by atoms with Gasteiger partial charge in [-0.15, -0.1) is 0 Å². The summed E-state index contributed by atoms with van der Waals surface area (Å²) < 4.78 is 0. The highest BCUT2D eigenvalue weighted by molar-refractivity contribution is 5.71. The average molecular weight is 216 g/mol. The first-order valence-electron chi connectivity index (χ1n) is 4.93. The van der Waals surface area contributed by atoms with Crippen LogP contribution in [0.25, 0.3) is 11.3 Å². The smallest absolute Gasteiger partial charge is 0.146 e. The summed E-state index contributed by atoms with van der Waals surface area (Å²) in [6.45, 7) is 1.54. The number of nitrogens with zero attached hydrogens (tertiary/aromatic N) is 2. The van der Waals surface area contributed by atoms with E-state index in [0.29, 0.717) is 22.5 Å². The first-order chi connectivity index (χ1) is 7.74. The van der Waals surface area contributed by atoms with Crippen molar-refractivity contribution in [3.8, 4) is 17.0 Å². The maximum Gasteiger partial charge on any atom is 0.146 e. The van der Waals surface area contributed by atoms with Crippen molar-refractivity contribution in [1.82, 2.24) is 9.97 Å². The number of aryl methyl sites for hydroxylation is 1. The monoisotopic (exact) mass is 216 g/mol. The summed E-state index contributed by atoms with van der Waals surface area (Å²) in [6, 6.07) is 5.42. The van der Waals surface area contributed by atoms with Gasteiger partial charge in [0, 0.05) is 18.0 Å². The largest absolute Gasteiger partial charge is 0.505 e. The molecule has 0 spiro atoms. The highest BCUT2D eigenvalue weighted by Gasteiger charge is 2.13. The fraction of sp³-hybridized carbons (Fsp3) is 0.167. The van der Waals surface area contributed by atoms with Crippen molar-refractivity contribution >= 4 is 0 Å². The topological polar surface area (TPSA) is 66.2 Å². The molecule has 0 aliphatic rings. The Morgan fingerprint density at radius 3 is 2.69 bits per heavy atom. The van der Waals surface area contributed by atoms with E-state index in [4.69, 9.17) is 0 Å². The van der Waals surface area contributed by atoms with Crippen LogP contribution in [0.1, 0.15) is 11.3 Å². The minimum atomic E-state index is -0.174. The minimum absolute atomic E-state index is 0.0743. The summed E-state index contributed by atoms with van der Waals surface area (Å²) in [5, 5.41) is 19.2. The summed E-state index contributed by atoms with van der Waals surface area (Å²) in [5.41, 5.74) is 2.28. The van der Waals surface area contributed by atoms with Gasteiger partial charge in [0.05, 0.1) is 23.6 Å². The van der Waals surface area contributed by atoms with Crippen molar-refractivity contribution in [3.05, 3.63) is 41.9 Å². The Morgan fingerprint density at radius 1 is 1.25 bits per heavy atom. The van der Waals surface area contributed by atoms with E-state index in [0.717, 1.165) is 0 Å². The lowest BCUT2D eigenvalue weighted by Gasteiger charge is -2.10. The zero-order chi connectivity index (χ0) is 11.5. The third kappa shape index (κ3) is 1.75. The molecule has 0 unspecified atom stereocenters. The van der Waals surface area contributed by atoms with E-state index in [-0.39, 0.29) is 12.4 Å². The number of aliphatic hydroxyl groups is 1. The molecule has 0 atom stereocenters. The molecule has 0 aliphatic heterocycles. The molecule has 0 aromatic carbocycles. The van der Waals surface area contributed by atoms with Crippen LogP contribution in [0.2, 0.25) is 0 Å². The van der Waals surface area contributed by atoms with Crippen LogP contribution < -0.4 is 0 Å². The fourth-order valence-corrected chi connectivity index (χ4v) is 1.55. The van der Waals surface area contributed by atoms with Gasteiger partial charge in [-0.3, -0.25) is 9.97 Å². The lowest BCUT2D eigenvalue weighted by atomic mass is 10.0. The lowest BCUT2D eigenvalue weighted by molar-refractivity contribution is 0.281. The van der Waals surface area contributed by atoms with E-state index < -0.39 is 0 Å². The number of aromatic nitrogens is 2. The third-order valence-electron chi connectivity index (χ3n) is 2.41. The summed E-state index contributed by atoms with van der Waals surface area (Å²) in [6.07, 6.45) is 3.20. The molecule has 16 heavy (non-hydrogen) atoms. The standard InChI is InChI=1S/C12H12N2O2/c1-8-12(16)11(9(7-15)6-14-8)10-4-2-3-5-13-10/h2-6,15-16H,7H2,1H3. The Balaban J connectivity index is 2.67. The molecular weight excluding hydrogens is 204 g/mol. The second-order valence-corrected chi connectivity index (χ2v) is 3.47. The lowest BCUT2D eigenvalue weighted by Crippen LogP contribution is -1.96. The van der Waals surface area contributed by atoms with Gasteiger partial charge in [-0.05, 0) is 19.1 Å². The van der Waals surface area contributed by atoms with Crippen LogP contribution in [0, 0.1) is 6.92 Å². The molecule has 82 valence electrons. The fourth-order valence-electron chi connectivity index (χ4n) is 1.55. The first-order valence-corrected chi connectivity index (χ1v) is 4.93. The molecule has 0 bridgehead atoms. The van der Waals surface area contributed by atoms with Gasteiger partial charge in [0.1, 0.15) is 5.75 Å². The van der Waals surface area contributed by atoms with Crippen molar-refractivity contribution in [3.63, 3.8) is 0 Å². The summed E-state index contributed by atoms with van der Waals surface area (Å²) in [4.78, 5) is 8.16. The second kappa shape index (κ2) is 4.28. The van der Waals surface area contributed by atoms with E-state index in [1.54, 1.807) is 31.5 Å². The van der Waals surface area contributed by atoms with Gasteiger partial charge >= 0.3 is 0 Å². The van der Waals surface area contributed by atoms with Crippen LogP contribution in [0.15, 0.2) is 30.6 Å². The minimum Gasteiger partial charge on any atom is -0.505 e. The van der Waals surface area contributed by atoms with Gasteiger partial charge in [0.15, 0.2) is 0 Å². The highest BCUT2D eigenvalue weighted by Crippen LogP contribution is 2.32. The van der Waals surface area contributed by atoms with E-state index in [2.05, 4.69) is 9.97 Å². The molecule has 0 saturated carbocycles. The molecule has 0 fully saturated rings. The van der Waals surface area contributed by atoms with E-state index in [9.17, 15) is 10.2 Å². The molecule has 2 heterocycles. The number of pyridine rings is 2. The quantitative estimate of drug-likeness (QED) is 0.801. The predicted octanol–water partition coefficient (Wildman–Crippen LogP) is 1.65. The van der Waals surface area contributed by atoms with E-state index in [1.165, 1.54) is 0 Å². The van der Waals surface area contributed by atoms with Crippen LogP contribution in [-0.4, -0.2) is 20.2 Å². The van der Waals surface area contributed by atoms with Gasteiger partial charge in [-0.2, -0.15) is 0 Å². The maximum absolute atomic E-state index is 9.95. The second-order valence-electron chi connectivity index (χ2n) is 3.47. The van der Waals surface area contributed by atoms with Crippen molar-refractivity contribution in [2.45, 2.75) is 13.5 Å². The zero-order valence-electron chi connectivity index (χ0n) is 8.88. The number of aromatic hydroxyl groups is 1. The van der Waals surface area contributed by atoms with Crippen molar-refractivity contribution in [2.24, 2.45) is 0 Å². The SMILES string of the molecule is Cc1ncc(CO)c(-c2ccccn2)c1O. The molecular formula is C12H12N2O2. The van der Waals surface area contributed by atoms with Crippen LogP contribution in [-0.2, 0) is 6.61 Å². The van der Waals surface area contributed by atoms with E-state index >= 15 is 0 Å². The van der Waals surface area contributed by atoms with Crippen molar-refractivity contribution in [2.75, 3.05) is 0 Å². The zero-order valence-corrected chi connectivity index (χ0v) is 8.88. The Labute approximate surface area is 93.2 Å². The highest BCUT2D eigenvalue weighted by atomic mass is 16.3. The molecule has 0 amide bonds. The number of aliphatic hydroxyl groups excluding tert-OH is 1. The van der Waals surface area contributed by atoms with Gasteiger partial charge < -0.3 is 10.2 Å². The Kier molecular flexibility index (Phi) is 2.83. The summed E-state index contributed by atoms with van der Waals surface area (Å²) in [7, 11) is 0. The summed E-state index contributed by atoms with van der Waals surface area (Å²) in [5.74, 6) is 0.0743. The van der Waals surface area contributed by atoms with Crippen LogP contribution in [0.3, 0.4) is 0 Å². The Morgan fingerprint density at radius 2 is 2.06 bits per heavy atom. The predicted molar refractivity (Wildman–Crippen MR) is 59.8 cm³/mol. The Hall–Kier alpha value is -1.94. The molecule has 4 heteroatoms. The van der Waals surface area contributed by atoms with Crippen molar-refractivity contribution in [1.29, 1.82) is 0 Å². The number of hydrogen-bond acceptors (Lipinski definition) is 4. The van der Waals surface area contributed by atoms with Gasteiger partial charge in [0.2, 0.25) is 0 Å². The average Bonchev–Trinajstić information content (AvgIpc) is 2.33. The molecule has 2 rings (SSSR count). The van der Waals surface area contributed by atoms with Crippen LogP contribution >= 0.6 is 0 Å². The normalized spacial score (nSPS) is 10.4. The summed E-state index contributed by atoms with van der Waals surface area (Å²) >= 11 is 0. The van der Waals surface area contributed by atoms with Crippen molar-refractivity contribution < 1.29 is 10.2 Å². The molecule has 4 nitrogen and oxygen atoms in total. The van der Waals surface area contributed by atoms with Gasteiger partial charge in [-0.25, -0.2) is 0 Å². The molecule has 2 aromatic heterocycles. The number of hydrogen-bond donors (Lipinski definition) is 2. The van der Waals surface area contributed by atoms with Gasteiger partial charge in [-0.1, -0.05) is 6.07 Å². The van der Waals surface area contributed by atoms with Crippen LogP contribution in [0.5, 0.6) is 5.75 Å². The molecule has 0 saturated heterocycles. The third-order valence-corrected chi connectivity index (χ3v) is 2.41. The maximum atomic E-state index is 9.95.